The molecule has 6 N–H and O–H groups in total. The third-order valence-electron chi connectivity index (χ3n) is 11.4. The number of nitriles is 3. The van der Waals surface area contributed by atoms with Crippen LogP contribution >= 0.6 is 0 Å². The van der Waals surface area contributed by atoms with Gasteiger partial charge in [0.2, 0.25) is 17.8 Å². The highest BCUT2D eigenvalue weighted by molar-refractivity contribution is 5.77. The Hall–Kier alpha value is -12.2. The third-order valence-corrected chi connectivity index (χ3v) is 11.4. The molecule has 0 amide bonds. The number of hydrogen-bond donors (Lipinski definition) is 6. The Labute approximate surface area is 464 Å². The van der Waals surface area contributed by atoms with E-state index in [4.69, 9.17) is 32.4 Å². The maximum Gasteiger partial charge on any atom is 0.229 e. The summed E-state index contributed by atoms with van der Waals surface area (Å²) in [5, 5.41) is 56.7. The van der Waals surface area contributed by atoms with Crippen LogP contribution in [0.15, 0.2) is 161 Å². The molecule has 0 aliphatic rings. The molecule has 0 unspecified atom stereocenters. The summed E-state index contributed by atoms with van der Waals surface area (Å²) >= 11 is 0. The van der Waals surface area contributed by atoms with Gasteiger partial charge in [-0.1, -0.05) is 38.6 Å². The molecule has 0 radical (unpaired) electrons. The molecule has 24 nitrogen and oxygen atoms in total. The maximum absolute atomic E-state index is 8.86. The van der Waals surface area contributed by atoms with Crippen LogP contribution in [0.4, 0.5) is 86.5 Å². The summed E-state index contributed by atoms with van der Waals surface area (Å²) in [5.74, 6) is 2.99. The van der Waals surface area contributed by atoms with E-state index in [0.29, 0.717) is 80.4 Å². The molecule has 0 saturated carbocycles. The second kappa shape index (κ2) is 27.5. The molecule has 9 rings (SSSR count). The van der Waals surface area contributed by atoms with Gasteiger partial charge in [-0.2, -0.15) is 30.7 Å². The van der Waals surface area contributed by atoms with E-state index in [2.05, 4.69) is 110 Å². The van der Waals surface area contributed by atoms with Crippen LogP contribution in [0.25, 0.3) is 31.3 Å². The van der Waals surface area contributed by atoms with Gasteiger partial charge in [0.15, 0.2) is 0 Å². The van der Waals surface area contributed by atoms with Crippen molar-refractivity contribution >= 4 is 86.5 Å². The van der Waals surface area contributed by atoms with Crippen molar-refractivity contribution < 1.29 is 0 Å². The van der Waals surface area contributed by atoms with E-state index in [1.165, 1.54) is 0 Å². The van der Waals surface area contributed by atoms with Crippen molar-refractivity contribution in [2.24, 2.45) is 15.3 Å². The van der Waals surface area contributed by atoms with Crippen LogP contribution in [0.2, 0.25) is 0 Å². The molecule has 6 aromatic carbocycles. The number of rotatable bonds is 15. The summed E-state index contributed by atoms with van der Waals surface area (Å²) < 4.78 is 0. The van der Waals surface area contributed by atoms with E-state index in [9.17, 15) is 0 Å². The van der Waals surface area contributed by atoms with Gasteiger partial charge in [0.1, 0.15) is 17.5 Å². The molecule has 81 heavy (non-hydrogen) atoms. The van der Waals surface area contributed by atoms with Gasteiger partial charge in [0, 0.05) is 61.8 Å². The lowest BCUT2D eigenvalue weighted by atomic mass is 10.1. The van der Waals surface area contributed by atoms with Crippen LogP contribution in [-0.4, -0.2) is 29.9 Å². The maximum atomic E-state index is 8.86. The molecule has 0 spiro atoms. The first-order valence-corrected chi connectivity index (χ1v) is 24.4. The zero-order valence-corrected chi connectivity index (χ0v) is 44.4. The van der Waals surface area contributed by atoms with Crippen LogP contribution in [0.1, 0.15) is 50.1 Å². The fourth-order valence-electron chi connectivity index (χ4n) is 7.84. The van der Waals surface area contributed by atoms with Gasteiger partial charge in [-0.3, -0.25) is 0 Å². The minimum Gasteiger partial charge on any atom is -0.340 e. The van der Waals surface area contributed by atoms with Crippen molar-refractivity contribution in [2.75, 3.05) is 31.9 Å². The van der Waals surface area contributed by atoms with Crippen LogP contribution in [-0.2, 0) is 0 Å². The zero-order chi connectivity index (χ0) is 57.7. The summed E-state index contributed by atoms with van der Waals surface area (Å²) in [6.07, 6.45) is 4.90. The van der Waals surface area contributed by atoms with Crippen LogP contribution < -0.4 is 31.9 Å². The Balaban J connectivity index is 0.000000175. The minimum absolute atomic E-state index is 0.403. The number of nitrogens with one attached hydrogen (secondary N) is 6. The monoisotopic (exact) mass is 1070 g/mol. The first kappa shape index (κ1) is 56.5. The molecular weight excluding hydrogens is 1020 g/mol. The Bertz CT molecular complexity index is 3810. The molecule has 0 bridgehead atoms. The highest BCUT2D eigenvalue weighted by Crippen LogP contribution is 2.35. The lowest BCUT2D eigenvalue weighted by Crippen LogP contribution is -2.02. The predicted octanol–water partition coefficient (Wildman–Crippen LogP) is 16.2. The first-order valence-electron chi connectivity index (χ1n) is 24.4. The smallest absolute Gasteiger partial charge is 0.229 e. The SMILES string of the molecule is Cc1cc(C)c(Nc2ccnc(Nc3ccc(C#N)cc3)n2)c(N=[N+]=[N-])c1.Cc1cc(C)c(Nc2ccnc(Nc3ccc(C#N)cc3)n2)c(N=[N+]=[N-])c1.Cc1cc(N=[N+]=[N-])cc(C)c1Nc1ccnc(Nc2ccc(C#N)cc2)n1. The van der Waals surface area contributed by atoms with Crippen molar-refractivity contribution in [1.29, 1.82) is 15.8 Å². The van der Waals surface area contributed by atoms with Crippen molar-refractivity contribution in [2.45, 2.75) is 41.5 Å². The quantitative estimate of drug-likeness (QED) is 0.0316. The number of aromatic nitrogens is 6. The number of anilines is 12. The Morgan fingerprint density at radius 3 is 1.00 bits per heavy atom. The van der Waals surface area contributed by atoms with Crippen LogP contribution in [0.5, 0.6) is 0 Å². The molecule has 0 saturated heterocycles. The first-order chi connectivity index (χ1) is 39.3. The average Bonchev–Trinajstić information content (AvgIpc) is 3.47. The molecule has 0 fully saturated rings. The predicted molar refractivity (Wildman–Crippen MR) is 313 cm³/mol. The van der Waals surface area contributed by atoms with E-state index < -0.39 is 0 Å². The van der Waals surface area contributed by atoms with Gasteiger partial charge in [-0.05, 0) is 196 Å². The zero-order valence-electron chi connectivity index (χ0n) is 44.4. The van der Waals surface area contributed by atoms with Gasteiger partial charge in [-0.15, -0.1) is 0 Å². The molecule has 3 aromatic heterocycles. The van der Waals surface area contributed by atoms with Gasteiger partial charge in [0.05, 0.1) is 57.6 Å². The van der Waals surface area contributed by atoms with Crippen molar-refractivity contribution in [3.05, 3.63) is 227 Å². The Morgan fingerprint density at radius 1 is 0.383 bits per heavy atom. The summed E-state index contributed by atoms with van der Waals surface area (Å²) in [6, 6.07) is 43.7. The number of aryl methyl sites for hydroxylation is 6. The molecule has 9 aromatic rings. The number of azide groups is 3. The molecular formula is C57H48N24. The normalized spacial score (nSPS) is 9.81. The summed E-state index contributed by atoms with van der Waals surface area (Å²) in [4.78, 5) is 34.6. The van der Waals surface area contributed by atoms with Crippen LogP contribution in [0, 0.1) is 75.5 Å². The lowest BCUT2D eigenvalue weighted by molar-refractivity contribution is 1.16. The third kappa shape index (κ3) is 16.1. The number of benzene rings is 6. The van der Waals surface area contributed by atoms with E-state index in [1.807, 2.05) is 77.9 Å². The second-order valence-corrected chi connectivity index (χ2v) is 17.6. The fourth-order valence-corrected chi connectivity index (χ4v) is 7.84. The van der Waals surface area contributed by atoms with E-state index in [1.54, 1.807) is 110 Å². The van der Waals surface area contributed by atoms with Crippen molar-refractivity contribution in [3.63, 3.8) is 0 Å². The second-order valence-electron chi connectivity index (χ2n) is 17.6. The number of hydrogen-bond acceptors (Lipinski definition) is 18. The van der Waals surface area contributed by atoms with E-state index in [0.717, 1.165) is 56.1 Å². The van der Waals surface area contributed by atoms with Gasteiger partial charge >= 0.3 is 0 Å². The molecule has 0 aliphatic carbocycles. The Kier molecular flexibility index (Phi) is 19.2. The number of nitrogens with zero attached hydrogens (tertiary/aromatic N) is 18. The lowest BCUT2D eigenvalue weighted by Gasteiger charge is -2.14. The summed E-state index contributed by atoms with van der Waals surface area (Å²) in [7, 11) is 0. The topological polar surface area (TPSA) is 367 Å². The molecule has 3 heterocycles. The fraction of sp³-hybridized carbons (Fsp3) is 0.105. The van der Waals surface area contributed by atoms with Crippen LogP contribution in [0.3, 0.4) is 0 Å². The van der Waals surface area contributed by atoms with E-state index >= 15 is 0 Å². The minimum atomic E-state index is 0.403. The highest BCUT2D eigenvalue weighted by atomic mass is 15.2. The Morgan fingerprint density at radius 2 is 0.691 bits per heavy atom. The highest BCUT2D eigenvalue weighted by Gasteiger charge is 2.12. The van der Waals surface area contributed by atoms with E-state index in [-0.39, 0.29) is 0 Å². The van der Waals surface area contributed by atoms with Crippen molar-refractivity contribution in [3.8, 4) is 18.2 Å². The van der Waals surface area contributed by atoms with Gasteiger partial charge in [-0.25, -0.2) is 15.0 Å². The summed E-state index contributed by atoms with van der Waals surface area (Å²) in [5.41, 5.74) is 40.0. The largest absolute Gasteiger partial charge is 0.340 e. The molecule has 0 aliphatic heterocycles. The standard InChI is InChI=1S/3C19H16N8/c1-12-9-16(26-27-21)10-13(2)18(12)24-17-7-8-22-19(25-17)23-15-5-3-14(11-20)4-6-15;2*1-12-9-13(2)18(16(10-12)26-27-21)24-17-7-8-22-19(25-17)23-15-5-3-14(11-20)4-6-15/h3*3-10H,1-2H3,(H2,22,23,24,25). The van der Waals surface area contributed by atoms with Gasteiger partial charge < -0.3 is 31.9 Å². The van der Waals surface area contributed by atoms with Crippen molar-refractivity contribution in [1.82, 2.24) is 29.9 Å². The molecule has 0 atom stereocenters. The molecule has 396 valence electrons. The van der Waals surface area contributed by atoms with Gasteiger partial charge in [0.25, 0.3) is 0 Å². The average molecular weight is 1070 g/mol. The molecule has 24 heteroatoms. The summed E-state index contributed by atoms with van der Waals surface area (Å²) in [6.45, 7) is 11.6.